The number of nitrogens with two attached hydrogens (primary N) is 1. The average molecular weight is 237 g/mol. The van der Waals surface area contributed by atoms with E-state index in [9.17, 15) is 0 Å². The van der Waals surface area contributed by atoms with Gasteiger partial charge >= 0.3 is 0 Å². The maximum absolute atomic E-state index is 5.94. The highest BCUT2D eigenvalue weighted by Gasteiger charge is 2.25. The quantitative estimate of drug-likeness (QED) is 0.875. The highest BCUT2D eigenvalue weighted by atomic mass is 16.5. The first-order chi connectivity index (χ1) is 8.20. The molecule has 1 aromatic rings. The maximum Gasteiger partial charge on any atom is 0.133 e. The summed E-state index contributed by atoms with van der Waals surface area (Å²) < 4.78 is 11.3. The molecule has 0 radical (unpaired) electrons. The molecule has 2 rings (SSSR count). The van der Waals surface area contributed by atoms with Gasteiger partial charge in [0.25, 0.3) is 0 Å². The summed E-state index contributed by atoms with van der Waals surface area (Å²) in [5.41, 5.74) is 6.69. The first-order valence-electron chi connectivity index (χ1n) is 6.57. The lowest BCUT2D eigenvalue weighted by atomic mass is 9.80. The van der Waals surface area contributed by atoms with Crippen LogP contribution in [0.3, 0.4) is 0 Å². The molecule has 96 valence electrons. The number of ether oxygens (including phenoxy) is 1. The molecular formula is C14H23NO2. The summed E-state index contributed by atoms with van der Waals surface area (Å²) in [6.07, 6.45) is 5.68. The van der Waals surface area contributed by atoms with Crippen molar-refractivity contribution in [2.24, 2.45) is 17.6 Å². The second kappa shape index (κ2) is 5.69. The molecule has 0 spiro atoms. The van der Waals surface area contributed by atoms with Crippen molar-refractivity contribution in [1.82, 2.24) is 0 Å². The van der Waals surface area contributed by atoms with E-state index < -0.39 is 0 Å². The molecule has 2 N–H and O–H groups in total. The molecule has 17 heavy (non-hydrogen) atoms. The van der Waals surface area contributed by atoms with E-state index in [1.807, 2.05) is 6.07 Å². The van der Waals surface area contributed by atoms with E-state index in [0.29, 0.717) is 19.3 Å². The monoisotopic (exact) mass is 237 g/mol. The highest BCUT2D eigenvalue weighted by Crippen LogP contribution is 2.31. The van der Waals surface area contributed by atoms with Gasteiger partial charge in [-0.2, -0.15) is 0 Å². The van der Waals surface area contributed by atoms with Crippen LogP contribution in [-0.2, 0) is 17.9 Å². The minimum Gasteiger partial charge on any atom is -0.467 e. The summed E-state index contributed by atoms with van der Waals surface area (Å²) >= 11 is 0. The summed E-state index contributed by atoms with van der Waals surface area (Å²) in [4.78, 5) is 0. The van der Waals surface area contributed by atoms with Crippen LogP contribution in [0.1, 0.15) is 44.4 Å². The average Bonchev–Trinajstić information content (AvgIpc) is 2.78. The molecule has 3 atom stereocenters. The highest BCUT2D eigenvalue weighted by molar-refractivity contribution is 5.15. The van der Waals surface area contributed by atoms with Crippen molar-refractivity contribution in [2.45, 2.75) is 52.4 Å². The van der Waals surface area contributed by atoms with Gasteiger partial charge in [0.1, 0.15) is 12.4 Å². The Bertz CT molecular complexity index is 348. The van der Waals surface area contributed by atoms with E-state index in [2.05, 4.69) is 13.8 Å². The second-order valence-corrected chi connectivity index (χ2v) is 5.27. The van der Waals surface area contributed by atoms with Gasteiger partial charge in [-0.05, 0) is 37.2 Å². The Morgan fingerprint density at radius 1 is 1.35 bits per heavy atom. The van der Waals surface area contributed by atoms with Crippen LogP contribution in [0, 0.1) is 11.8 Å². The van der Waals surface area contributed by atoms with E-state index in [-0.39, 0.29) is 0 Å². The van der Waals surface area contributed by atoms with Crippen molar-refractivity contribution in [3.8, 4) is 0 Å². The second-order valence-electron chi connectivity index (χ2n) is 5.27. The Morgan fingerprint density at radius 3 is 2.88 bits per heavy atom. The smallest absolute Gasteiger partial charge is 0.133 e. The van der Waals surface area contributed by atoms with Crippen LogP contribution in [0.15, 0.2) is 16.7 Å². The van der Waals surface area contributed by atoms with Gasteiger partial charge in [-0.15, -0.1) is 0 Å². The zero-order valence-corrected chi connectivity index (χ0v) is 10.8. The molecule has 1 aliphatic carbocycles. The van der Waals surface area contributed by atoms with Crippen molar-refractivity contribution < 1.29 is 9.15 Å². The SMILES string of the molecule is CC1CCC(OCc2occc2CN)CC1C. The topological polar surface area (TPSA) is 48.4 Å². The van der Waals surface area contributed by atoms with Crippen LogP contribution in [-0.4, -0.2) is 6.10 Å². The Morgan fingerprint density at radius 2 is 2.18 bits per heavy atom. The van der Waals surface area contributed by atoms with Crippen LogP contribution < -0.4 is 5.73 Å². The van der Waals surface area contributed by atoms with Crippen molar-refractivity contribution >= 4 is 0 Å². The molecule has 0 bridgehead atoms. The lowest BCUT2D eigenvalue weighted by Gasteiger charge is -2.31. The van der Waals surface area contributed by atoms with Gasteiger partial charge < -0.3 is 14.9 Å². The maximum atomic E-state index is 5.94. The number of furan rings is 1. The molecule has 1 heterocycles. The van der Waals surface area contributed by atoms with Crippen molar-refractivity contribution in [3.05, 3.63) is 23.7 Å². The van der Waals surface area contributed by atoms with Crippen molar-refractivity contribution in [2.75, 3.05) is 0 Å². The third kappa shape index (κ3) is 3.11. The molecule has 0 saturated heterocycles. The van der Waals surface area contributed by atoms with Crippen molar-refractivity contribution in [3.63, 3.8) is 0 Å². The first-order valence-corrected chi connectivity index (χ1v) is 6.57. The van der Waals surface area contributed by atoms with Crippen LogP contribution in [0.2, 0.25) is 0 Å². The van der Waals surface area contributed by atoms with Gasteiger partial charge in [-0.25, -0.2) is 0 Å². The Hall–Kier alpha value is -0.800. The summed E-state index contributed by atoms with van der Waals surface area (Å²) in [7, 11) is 0. The fourth-order valence-electron chi connectivity index (χ4n) is 2.52. The van der Waals surface area contributed by atoms with Gasteiger partial charge in [-0.3, -0.25) is 0 Å². The van der Waals surface area contributed by atoms with Gasteiger partial charge in [0.2, 0.25) is 0 Å². The van der Waals surface area contributed by atoms with E-state index in [0.717, 1.165) is 23.2 Å². The third-order valence-electron chi connectivity index (χ3n) is 4.06. The number of hydrogen-bond acceptors (Lipinski definition) is 3. The van der Waals surface area contributed by atoms with Gasteiger partial charge in [0, 0.05) is 12.1 Å². The molecule has 0 aliphatic heterocycles. The largest absolute Gasteiger partial charge is 0.467 e. The predicted molar refractivity (Wildman–Crippen MR) is 67.4 cm³/mol. The van der Waals surface area contributed by atoms with Crippen LogP contribution in [0.4, 0.5) is 0 Å². The molecule has 1 aromatic heterocycles. The molecule has 0 aromatic carbocycles. The Balaban J connectivity index is 1.82. The van der Waals surface area contributed by atoms with Crippen molar-refractivity contribution in [1.29, 1.82) is 0 Å². The number of rotatable bonds is 4. The normalized spacial score (nSPS) is 29.5. The molecular weight excluding hydrogens is 214 g/mol. The minimum absolute atomic E-state index is 0.386. The van der Waals surface area contributed by atoms with E-state index in [1.165, 1.54) is 19.3 Å². The standard InChI is InChI=1S/C14H23NO2/c1-10-3-4-13(7-11(10)2)17-9-14-12(8-15)5-6-16-14/h5-6,10-11,13H,3-4,7-9,15H2,1-2H3. The molecule has 1 aliphatic rings. The van der Waals surface area contributed by atoms with E-state index in [1.54, 1.807) is 6.26 Å². The molecule has 0 amide bonds. The molecule has 1 fully saturated rings. The van der Waals surface area contributed by atoms with Gasteiger partial charge in [0.05, 0.1) is 12.4 Å². The lowest BCUT2D eigenvalue weighted by molar-refractivity contribution is -0.0143. The first kappa shape index (κ1) is 12.7. The predicted octanol–water partition coefficient (Wildman–Crippen LogP) is 3.08. The lowest BCUT2D eigenvalue weighted by Crippen LogP contribution is -2.26. The van der Waals surface area contributed by atoms with Crippen LogP contribution in [0.25, 0.3) is 0 Å². The van der Waals surface area contributed by atoms with Crippen LogP contribution >= 0.6 is 0 Å². The zero-order chi connectivity index (χ0) is 12.3. The Kier molecular flexibility index (Phi) is 4.24. The van der Waals surface area contributed by atoms with E-state index >= 15 is 0 Å². The summed E-state index contributed by atoms with van der Waals surface area (Å²) in [5, 5.41) is 0. The fraction of sp³-hybridized carbons (Fsp3) is 0.714. The van der Waals surface area contributed by atoms with Crippen LogP contribution in [0.5, 0.6) is 0 Å². The van der Waals surface area contributed by atoms with E-state index in [4.69, 9.17) is 14.9 Å². The van der Waals surface area contributed by atoms with Gasteiger partial charge in [0.15, 0.2) is 0 Å². The molecule has 1 saturated carbocycles. The third-order valence-corrected chi connectivity index (χ3v) is 4.06. The summed E-state index contributed by atoms with van der Waals surface area (Å²) in [5.74, 6) is 2.48. The number of hydrogen-bond donors (Lipinski definition) is 1. The summed E-state index contributed by atoms with van der Waals surface area (Å²) in [6, 6.07) is 1.92. The Labute approximate surface area is 103 Å². The van der Waals surface area contributed by atoms with Gasteiger partial charge in [-0.1, -0.05) is 13.8 Å². The summed E-state index contributed by atoms with van der Waals surface area (Å²) in [6.45, 7) is 5.73. The molecule has 3 nitrogen and oxygen atoms in total. The molecule has 3 unspecified atom stereocenters. The zero-order valence-electron chi connectivity index (χ0n) is 10.8. The molecule has 3 heteroatoms. The fourth-order valence-corrected chi connectivity index (χ4v) is 2.52. The minimum atomic E-state index is 0.386.